The van der Waals surface area contributed by atoms with E-state index in [2.05, 4.69) is 0 Å². The molecule has 1 unspecified atom stereocenters. The third-order valence-corrected chi connectivity index (χ3v) is 3.72. The van der Waals surface area contributed by atoms with Gasteiger partial charge in [0.25, 0.3) is 0 Å². The molecule has 0 radical (unpaired) electrons. The smallest absolute Gasteiger partial charge is 0.328 e. The van der Waals surface area contributed by atoms with Gasteiger partial charge in [-0.15, -0.1) is 0 Å². The fraction of sp³-hybridized carbons (Fsp3) is 0.588. The molecule has 0 N–H and O–H groups in total. The van der Waals surface area contributed by atoms with Gasteiger partial charge in [-0.2, -0.15) is 0 Å². The predicted molar refractivity (Wildman–Crippen MR) is 83.6 cm³/mol. The van der Waals surface area contributed by atoms with Gasteiger partial charge < -0.3 is 14.2 Å². The van der Waals surface area contributed by atoms with E-state index in [0.29, 0.717) is 51.5 Å². The van der Waals surface area contributed by atoms with Crippen molar-refractivity contribution in [1.29, 1.82) is 0 Å². The Labute approximate surface area is 136 Å². The van der Waals surface area contributed by atoms with E-state index in [0.717, 1.165) is 0 Å². The summed E-state index contributed by atoms with van der Waals surface area (Å²) in [6.07, 6.45) is 0.632. The first-order valence-corrected chi connectivity index (χ1v) is 8.04. The maximum Gasteiger partial charge on any atom is 0.328 e. The lowest BCUT2D eigenvalue weighted by Gasteiger charge is -2.33. The van der Waals surface area contributed by atoms with E-state index < -0.39 is 17.8 Å². The SMILES string of the molecule is CCOCCCOC(=O)C(c1ccccc1F)N1CCOCC1. The number of hydrogen-bond acceptors (Lipinski definition) is 5. The van der Waals surface area contributed by atoms with Gasteiger partial charge in [0.1, 0.15) is 11.9 Å². The van der Waals surface area contributed by atoms with Crippen molar-refractivity contribution in [2.24, 2.45) is 0 Å². The third kappa shape index (κ3) is 5.27. The molecule has 1 aromatic rings. The van der Waals surface area contributed by atoms with E-state index in [-0.39, 0.29) is 6.61 Å². The molecule has 0 bridgehead atoms. The number of carbonyl (C=O) groups is 1. The molecule has 0 saturated carbocycles. The number of esters is 1. The van der Waals surface area contributed by atoms with Crippen LogP contribution in [0.4, 0.5) is 4.39 Å². The Morgan fingerprint density at radius 3 is 2.74 bits per heavy atom. The van der Waals surface area contributed by atoms with Crippen molar-refractivity contribution in [3.8, 4) is 0 Å². The standard InChI is InChI=1S/C17H24FNO4/c1-2-21-10-5-11-23-17(20)16(19-8-12-22-13-9-19)14-6-3-4-7-15(14)18/h3-4,6-7,16H,2,5,8-13H2,1H3. The summed E-state index contributed by atoms with van der Waals surface area (Å²) in [4.78, 5) is 14.4. The minimum Gasteiger partial charge on any atom is -0.464 e. The molecule has 1 saturated heterocycles. The fourth-order valence-electron chi connectivity index (χ4n) is 2.56. The first kappa shape index (κ1) is 17.8. The molecule has 0 aromatic heterocycles. The van der Waals surface area contributed by atoms with Gasteiger partial charge in [0.2, 0.25) is 0 Å². The Morgan fingerprint density at radius 2 is 2.04 bits per heavy atom. The number of morpholine rings is 1. The second kappa shape index (κ2) is 9.60. The zero-order chi connectivity index (χ0) is 16.5. The average molecular weight is 325 g/mol. The fourth-order valence-corrected chi connectivity index (χ4v) is 2.56. The highest BCUT2D eigenvalue weighted by Gasteiger charge is 2.32. The Morgan fingerprint density at radius 1 is 1.30 bits per heavy atom. The number of nitrogens with zero attached hydrogens (tertiary/aromatic N) is 1. The highest BCUT2D eigenvalue weighted by Crippen LogP contribution is 2.25. The normalized spacial score (nSPS) is 17.0. The molecule has 0 aliphatic carbocycles. The highest BCUT2D eigenvalue weighted by atomic mass is 19.1. The van der Waals surface area contributed by atoms with Gasteiger partial charge in [-0.1, -0.05) is 18.2 Å². The minimum absolute atomic E-state index is 0.272. The lowest BCUT2D eigenvalue weighted by atomic mass is 10.0. The molecule has 6 heteroatoms. The van der Waals surface area contributed by atoms with Crippen molar-refractivity contribution in [1.82, 2.24) is 4.90 Å². The van der Waals surface area contributed by atoms with Crippen LogP contribution in [0.3, 0.4) is 0 Å². The molecular formula is C17H24FNO4. The van der Waals surface area contributed by atoms with Crippen LogP contribution in [0.15, 0.2) is 24.3 Å². The monoisotopic (exact) mass is 325 g/mol. The van der Waals surface area contributed by atoms with E-state index in [1.165, 1.54) is 6.07 Å². The van der Waals surface area contributed by atoms with Crippen LogP contribution in [-0.2, 0) is 19.0 Å². The molecule has 1 fully saturated rings. The average Bonchev–Trinajstić information content (AvgIpc) is 2.58. The molecule has 1 aliphatic heterocycles. The van der Waals surface area contributed by atoms with Crippen LogP contribution >= 0.6 is 0 Å². The quantitative estimate of drug-likeness (QED) is 0.541. The van der Waals surface area contributed by atoms with Crippen LogP contribution in [-0.4, -0.2) is 57.0 Å². The lowest BCUT2D eigenvalue weighted by molar-refractivity contribution is -0.152. The molecule has 128 valence electrons. The van der Waals surface area contributed by atoms with Crippen LogP contribution in [0.25, 0.3) is 0 Å². The second-order valence-electron chi connectivity index (χ2n) is 5.29. The molecule has 5 nitrogen and oxygen atoms in total. The first-order valence-electron chi connectivity index (χ1n) is 8.04. The molecule has 0 spiro atoms. The predicted octanol–water partition coefficient (Wildman–Crippen LogP) is 2.17. The first-order chi connectivity index (χ1) is 11.2. The van der Waals surface area contributed by atoms with Gasteiger partial charge in [0, 0.05) is 38.3 Å². The van der Waals surface area contributed by atoms with Gasteiger partial charge in [-0.25, -0.2) is 9.18 Å². The number of carbonyl (C=O) groups excluding carboxylic acids is 1. The summed E-state index contributed by atoms with van der Waals surface area (Å²) in [5.74, 6) is -0.816. The van der Waals surface area contributed by atoms with E-state index in [1.54, 1.807) is 18.2 Å². The summed E-state index contributed by atoms with van der Waals surface area (Å²) in [7, 11) is 0. The van der Waals surface area contributed by atoms with Gasteiger partial charge in [0.05, 0.1) is 19.8 Å². The van der Waals surface area contributed by atoms with Crippen LogP contribution in [0.5, 0.6) is 0 Å². The summed E-state index contributed by atoms with van der Waals surface area (Å²) in [6.45, 7) is 5.59. The van der Waals surface area contributed by atoms with Crippen LogP contribution in [0.1, 0.15) is 24.9 Å². The number of benzene rings is 1. The Hall–Kier alpha value is -1.50. The highest BCUT2D eigenvalue weighted by molar-refractivity contribution is 5.77. The van der Waals surface area contributed by atoms with Crippen LogP contribution in [0, 0.1) is 5.82 Å². The molecule has 1 aromatic carbocycles. The molecule has 2 rings (SSSR count). The number of halogens is 1. The molecule has 1 aliphatic rings. The molecule has 1 heterocycles. The zero-order valence-electron chi connectivity index (χ0n) is 13.5. The van der Waals surface area contributed by atoms with Gasteiger partial charge in [-0.3, -0.25) is 4.90 Å². The van der Waals surface area contributed by atoms with Crippen molar-refractivity contribution in [2.75, 3.05) is 46.1 Å². The Kier molecular flexibility index (Phi) is 7.45. The zero-order valence-corrected chi connectivity index (χ0v) is 13.5. The minimum atomic E-state index is -0.729. The van der Waals surface area contributed by atoms with Gasteiger partial charge in [-0.05, 0) is 13.0 Å². The lowest BCUT2D eigenvalue weighted by Crippen LogP contribution is -2.43. The summed E-state index contributed by atoms with van der Waals surface area (Å²) in [6, 6.07) is 5.62. The topological polar surface area (TPSA) is 48.0 Å². The van der Waals surface area contributed by atoms with Crippen molar-refractivity contribution in [3.63, 3.8) is 0 Å². The van der Waals surface area contributed by atoms with Gasteiger partial charge in [0.15, 0.2) is 0 Å². The number of ether oxygens (including phenoxy) is 3. The summed E-state index contributed by atoms with van der Waals surface area (Å²) in [5.41, 5.74) is 0.351. The van der Waals surface area contributed by atoms with Crippen molar-refractivity contribution >= 4 is 5.97 Å². The van der Waals surface area contributed by atoms with E-state index in [4.69, 9.17) is 14.2 Å². The largest absolute Gasteiger partial charge is 0.464 e. The molecule has 0 amide bonds. The maximum atomic E-state index is 14.2. The van der Waals surface area contributed by atoms with Crippen LogP contribution < -0.4 is 0 Å². The van der Waals surface area contributed by atoms with E-state index >= 15 is 0 Å². The molecule has 23 heavy (non-hydrogen) atoms. The summed E-state index contributed by atoms with van der Waals surface area (Å²) >= 11 is 0. The van der Waals surface area contributed by atoms with Crippen molar-refractivity contribution < 1.29 is 23.4 Å². The molecule has 1 atom stereocenters. The number of rotatable bonds is 8. The van der Waals surface area contributed by atoms with Crippen molar-refractivity contribution in [3.05, 3.63) is 35.6 Å². The van der Waals surface area contributed by atoms with E-state index in [9.17, 15) is 9.18 Å². The van der Waals surface area contributed by atoms with E-state index in [1.807, 2.05) is 11.8 Å². The summed E-state index contributed by atoms with van der Waals surface area (Å²) < 4.78 is 30.0. The maximum absolute atomic E-state index is 14.2. The van der Waals surface area contributed by atoms with Crippen molar-refractivity contribution in [2.45, 2.75) is 19.4 Å². The summed E-state index contributed by atoms with van der Waals surface area (Å²) in [5, 5.41) is 0. The number of hydrogen-bond donors (Lipinski definition) is 0. The third-order valence-electron chi connectivity index (χ3n) is 3.72. The second-order valence-corrected chi connectivity index (χ2v) is 5.29. The van der Waals surface area contributed by atoms with Crippen LogP contribution in [0.2, 0.25) is 0 Å². The molecular weight excluding hydrogens is 301 g/mol. The Balaban J connectivity index is 2.04. The van der Waals surface area contributed by atoms with Gasteiger partial charge >= 0.3 is 5.97 Å². The Bertz CT molecular complexity index is 491.